The number of hydrogen-bond acceptors (Lipinski definition) is 3. The Morgan fingerprint density at radius 3 is 2.50 bits per heavy atom. The molecule has 0 saturated heterocycles. The fourth-order valence-corrected chi connectivity index (χ4v) is 6.25. The van der Waals surface area contributed by atoms with Crippen LogP contribution in [0.5, 0.6) is 5.75 Å². The Hall–Kier alpha value is -3.83. The van der Waals surface area contributed by atoms with Gasteiger partial charge in [-0.05, 0) is 88.4 Å². The van der Waals surface area contributed by atoms with Gasteiger partial charge in [0, 0.05) is 38.0 Å². The first kappa shape index (κ1) is 26.4. The van der Waals surface area contributed by atoms with Crippen LogP contribution in [0.25, 0.3) is 11.1 Å². The minimum absolute atomic E-state index is 0.119. The number of methoxy groups -OCH3 is 1. The summed E-state index contributed by atoms with van der Waals surface area (Å²) in [6.45, 7) is 1.92. The Balaban J connectivity index is 1.25. The smallest absolute Gasteiger partial charge is 0.136 e. The van der Waals surface area contributed by atoms with Crippen LogP contribution in [-0.2, 0) is 30.7 Å². The first-order valence-corrected chi connectivity index (χ1v) is 14.0. The number of ketones is 1. The fourth-order valence-electron chi connectivity index (χ4n) is 6.25. The second-order valence-electron chi connectivity index (χ2n) is 11.0. The Labute approximate surface area is 234 Å². The highest BCUT2D eigenvalue weighted by Gasteiger charge is 2.43. The van der Waals surface area contributed by atoms with Gasteiger partial charge in [0.05, 0.1) is 7.11 Å². The molecule has 0 aromatic heterocycles. The normalized spacial score (nSPS) is 18.3. The van der Waals surface area contributed by atoms with E-state index in [-0.39, 0.29) is 5.92 Å². The molecule has 40 heavy (non-hydrogen) atoms. The summed E-state index contributed by atoms with van der Waals surface area (Å²) in [5.74, 6) is 0.502. The molecule has 0 amide bonds. The highest BCUT2D eigenvalue weighted by molar-refractivity contribution is 5.85. The van der Waals surface area contributed by atoms with E-state index in [4.69, 9.17) is 4.74 Å². The summed E-state index contributed by atoms with van der Waals surface area (Å²) in [6, 6.07) is 26.5. The molecule has 0 radical (unpaired) electrons. The van der Waals surface area contributed by atoms with Crippen LogP contribution in [0.15, 0.2) is 84.9 Å². The van der Waals surface area contributed by atoms with Gasteiger partial charge in [-0.2, -0.15) is 0 Å². The van der Waals surface area contributed by atoms with E-state index in [1.807, 2.05) is 30.3 Å². The van der Waals surface area contributed by atoms with Crippen LogP contribution in [0, 0.1) is 17.6 Å². The summed E-state index contributed by atoms with van der Waals surface area (Å²) < 4.78 is 33.2. The standard InChI is InChI=1S/C35H33F2NO2/c1-40-29-9-5-8-26(18-29)30-12-10-25(11-13-35(39)33-20-32(33)24-6-3-2-4-7-24)34-22-38(15-14-31(30)34)21-23-16-27(36)19-28(37)17-23/h2-10,12,16-19,32-33H,11,13-15,20-22H2,1H3/t32-,33+/m1/s1. The average molecular weight is 538 g/mol. The highest BCUT2D eigenvalue weighted by Crippen LogP contribution is 2.48. The minimum atomic E-state index is -0.555. The van der Waals surface area contributed by atoms with Gasteiger partial charge in [-0.15, -0.1) is 0 Å². The van der Waals surface area contributed by atoms with E-state index in [9.17, 15) is 13.6 Å². The van der Waals surface area contributed by atoms with Crippen molar-refractivity contribution >= 4 is 5.78 Å². The molecule has 2 atom stereocenters. The molecule has 0 unspecified atom stereocenters. The van der Waals surface area contributed by atoms with Crippen molar-refractivity contribution in [2.24, 2.45) is 5.92 Å². The number of aryl methyl sites for hydroxylation is 1. The maximum Gasteiger partial charge on any atom is 0.136 e. The number of benzene rings is 4. The lowest BCUT2D eigenvalue weighted by atomic mass is 9.85. The summed E-state index contributed by atoms with van der Waals surface area (Å²) in [4.78, 5) is 15.4. The van der Waals surface area contributed by atoms with Crippen LogP contribution in [0.4, 0.5) is 8.78 Å². The molecular weight excluding hydrogens is 504 g/mol. The number of carbonyl (C=O) groups excluding carboxylic acids is 1. The topological polar surface area (TPSA) is 29.5 Å². The highest BCUT2D eigenvalue weighted by atomic mass is 19.1. The van der Waals surface area contributed by atoms with Crippen molar-refractivity contribution in [1.82, 2.24) is 4.90 Å². The van der Waals surface area contributed by atoms with Gasteiger partial charge in [-0.3, -0.25) is 9.69 Å². The number of hydrogen-bond donors (Lipinski definition) is 0. The lowest BCUT2D eigenvalue weighted by Gasteiger charge is -2.32. The molecule has 2 aliphatic rings. The number of fused-ring (bicyclic) bond motifs is 1. The minimum Gasteiger partial charge on any atom is -0.497 e. The van der Waals surface area contributed by atoms with Gasteiger partial charge in [-0.1, -0.05) is 54.6 Å². The molecule has 1 saturated carbocycles. The van der Waals surface area contributed by atoms with Crippen molar-refractivity contribution in [1.29, 1.82) is 0 Å². The summed E-state index contributed by atoms with van der Waals surface area (Å²) in [5.41, 5.74) is 7.85. The largest absolute Gasteiger partial charge is 0.497 e. The van der Waals surface area contributed by atoms with Crippen molar-refractivity contribution in [3.63, 3.8) is 0 Å². The van der Waals surface area contributed by atoms with Crippen molar-refractivity contribution in [2.45, 2.75) is 44.7 Å². The molecule has 0 spiro atoms. The van der Waals surface area contributed by atoms with Crippen molar-refractivity contribution < 1.29 is 18.3 Å². The van der Waals surface area contributed by atoms with Crippen LogP contribution in [0.1, 0.15) is 46.6 Å². The third-order valence-electron chi connectivity index (χ3n) is 8.37. The Bertz CT molecular complexity index is 1510. The van der Waals surface area contributed by atoms with Crippen LogP contribution >= 0.6 is 0 Å². The van der Waals surface area contributed by atoms with E-state index in [1.54, 1.807) is 7.11 Å². The van der Waals surface area contributed by atoms with Crippen LogP contribution in [0.3, 0.4) is 0 Å². The van der Waals surface area contributed by atoms with Crippen molar-refractivity contribution in [3.8, 4) is 16.9 Å². The summed E-state index contributed by atoms with van der Waals surface area (Å²) in [5, 5.41) is 0. The Kier molecular flexibility index (Phi) is 7.48. The maximum absolute atomic E-state index is 13.9. The summed E-state index contributed by atoms with van der Waals surface area (Å²) in [6.07, 6.45) is 2.97. The number of Topliss-reactive ketones (excluding diaryl/α,β-unsaturated/α-hetero) is 1. The van der Waals surface area contributed by atoms with Gasteiger partial charge in [0.25, 0.3) is 0 Å². The lowest BCUT2D eigenvalue weighted by Crippen LogP contribution is -2.31. The molecule has 1 fully saturated rings. The number of halogens is 2. The van der Waals surface area contributed by atoms with Crippen LogP contribution in [-0.4, -0.2) is 24.3 Å². The molecule has 0 N–H and O–H groups in total. The third kappa shape index (κ3) is 5.71. The van der Waals surface area contributed by atoms with E-state index in [0.717, 1.165) is 36.8 Å². The SMILES string of the molecule is COc1cccc(-c2ccc(CCC(=O)[C@H]3C[C@@H]3c3ccccc3)c3c2CCN(Cc2cc(F)cc(F)c2)C3)c1. The zero-order valence-electron chi connectivity index (χ0n) is 22.7. The van der Waals surface area contributed by atoms with Crippen LogP contribution < -0.4 is 4.74 Å². The monoisotopic (exact) mass is 537 g/mol. The van der Waals surface area contributed by atoms with Crippen molar-refractivity contribution in [2.75, 3.05) is 13.7 Å². The van der Waals surface area contributed by atoms with Gasteiger partial charge < -0.3 is 4.74 Å². The Morgan fingerprint density at radius 1 is 0.925 bits per heavy atom. The van der Waals surface area contributed by atoms with Gasteiger partial charge in [0.1, 0.15) is 23.2 Å². The molecule has 1 aliphatic carbocycles. The molecule has 3 nitrogen and oxygen atoms in total. The fraction of sp³-hybridized carbons (Fsp3) is 0.286. The third-order valence-corrected chi connectivity index (χ3v) is 8.37. The zero-order chi connectivity index (χ0) is 27.6. The molecule has 4 aromatic carbocycles. The van der Waals surface area contributed by atoms with E-state index in [2.05, 4.69) is 41.3 Å². The van der Waals surface area contributed by atoms with E-state index >= 15 is 0 Å². The molecule has 5 heteroatoms. The van der Waals surface area contributed by atoms with Crippen molar-refractivity contribution in [3.05, 3.63) is 124 Å². The number of rotatable bonds is 9. The zero-order valence-corrected chi connectivity index (χ0v) is 22.7. The predicted molar refractivity (Wildman–Crippen MR) is 153 cm³/mol. The van der Waals surface area contributed by atoms with Gasteiger partial charge in [0.2, 0.25) is 0 Å². The molecule has 6 rings (SSSR count). The second-order valence-corrected chi connectivity index (χ2v) is 11.0. The maximum atomic E-state index is 13.9. The Morgan fingerprint density at radius 2 is 1.73 bits per heavy atom. The summed E-state index contributed by atoms with van der Waals surface area (Å²) in [7, 11) is 1.67. The first-order valence-electron chi connectivity index (χ1n) is 14.0. The average Bonchev–Trinajstić information content (AvgIpc) is 3.77. The molecule has 1 heterocycles. The van der Waals surface area contributed by atoms with E-state index < -0.39 is 11.6 Å². The van der Waals surface area contributed by atoms with E-state index in [1.165, 1.54) is 39.9 Å². The number of carbonyl (C=O) groups is 1. The lowest BCUT2D eigenvalue weighted by molar-refractivity contribution is -0.120. The molecule has 204 valence electrons. The molecule has 4 aromatic rings. The van der Waals surface area contributed by atoms with Gasteiger partial charge in [0.15, 0.2) is 0 Å². The summed E-state index contributed by atoms with van der Waals surface area (Å²) >= 11 is 0. The number of ether oxygens (including phenoxy) is 1. The second kappa shape index (κ2) is 11.3. The molecular formula is C35H33F2NO2. The molecule has 1 aliphatic heterocycles. The van der Waals surface area contributed by atoms with Crippen LogP contribution in [0.2, 0.25) is 0 Å². The quantitative estimate of drug-likeness (QED) is 0.221. The first-order chi connectivity index (χ1) is 19.5. The van der Waals surface area contributed by atoms with Gasteiger partial charge >= 0.3 is 0 Å². The molecule has 0 bridgehead atoms. The predicted octanol–water partition coefficient (Wildman–Crippen LogP) is 7.50. The number of nitrogens with zero attached hydrogens (tertiary/aromatic N) is 1. The van der Waals surface area contributed by atoms with E-state index in [0.29, 0.717) is 43.2 Å². The van der Waals surface area contributed by atoms with Gasteiger partial charge in [-0.25, -0.2) is 8.78 Å².